The van der Waals surface area contributed by atoms with Gasteiger partial charge in [0.05, 0.1) is 5.56 Å². The Balaban J connectivity index is 1.98. The monoisotopic (exact) mass is 272 g/mol. The van der Waals surface area contributed by atoms with E-state index in [1.807, 2.05) is 36.0 Å². The van der Waals surface area contributed by atoms with E-state index in [0.717, 1.165) is 0 Å². The summed E-state index contributed by atoms with van der Waals surface area (Å²) in [5.74, 6) is -1.16. The Morgan fingerprint density at radius 2 is 1.95 bits per heavy atom. The zero-order valence-corrected chi connectivity index (χ0v) is 11.1. The van der Waals surface area contributed by atoms with E-state index in [1.165, 1.54) is 12.1 Å². The quantitative estimate of drug-likeness (QED) is 0.879. The van der Waals surface area contributed by atoms with Crippen LogP contribution in [-0.2, 0) is 4.79 Å². The van der Waals surface area contributed by atoms with E-state index >= 15 is 0 Å². The van der Waals surface area contributed by atoms with Crippen molar-refractivity contribution in [3.8, 4) is 0 Å². The van der Waals surface area contributed by atoms with Crippen LogP contribution in [0.1, 0.15) is 29.7 Å². The first-order valence-electron chi connectivity index (χ1n) is 6.32. The van der Waals surface area contributed by atoms with Gasteiger partial charge < -0.3 is 15.0 Å². The molecule has 104 valence electrons. The number of hydrogen-bond donors (Lipinski definition) is 2. The molecule has 0 saturated heterocycles. The lowest BCUT2D eigenvalue weighted by molar-refractivity contribution is -0.116. The molecule has 0 bridgehead atoms. The molecule has 2 aromatic rings. The van der Waals surface area contributed by atoms with Gasteiger partial charge in [0.2, 0.25) is 5.91 Å². The molecule has 0 aliphatic rings. The average molecular weight is 272 g/mol. The van der Waals surface area contributed by atoms with Crippen LogP contribution in [0.3, 0.4) is 0 Å². The molecule has 1 aromatic carbocycles. The van der Waals surface area contributed by atoms with E-state index in [9.17, 15) is 9.59 Å². The molecule has 1 unspecified atom stereocenters. The fourth-order valence-corrected chi connectivity index (χ4v) is 1.96. The largest absolute Gasteiger partial charge is 0.478 e. The van der Waals surface area contributed by atoms with Gasteiger partial charge in [0, 0.05) is 30.5 Å². The van der Waals surface area contributed by atoms with Crippen LogP contribution in [0.2, 0.25) is 0 Å². The van der Waals surface area contributed by atoms with Crippen molar-refractivity contribution in [3.63, 3.8) is 0 Å². The normalized spacial score (nSPS) is 11.8. The number of aromatic nitrogens is 1. The molecule has 20 heavy (non-hydrogen) atoms. The minimum atomic E-state index is -1.01. The molecule has 0 saturated carbocycles. The fourth-order valence-electron chi connectivity index (χ4n) is 1.96. The van der Waals surface area contributed by atoms with Gasteiger partial charge in [-0.05, 0) is 37.3 Å². The molecule has 0 fully saturated rings. The maximum Gasteiger partial charge on any atom is 0.335 e. The minimum Gasteiger partial charge on any atom is -0.478 e. The lowest BCUT2D eigenvalue weighted by atomic mass is 10.2. The van der Waals surface area contributed by atoms with Crippen LogP contribution in [-0.4, -0.2) is 21.6 Å². The molecule has 5 nitrogen and oxygen atoms in total. The van der Waals surface area contributed by atoms with E-state index in [1.54, 1.807) is 12.1 Å². The lowest BCUT2D eigenvalue weighted by Crippen LogP contribution is -2.17. The van der Waals surface area contributed by atoms with Gasteiger partial charge in [-0.2, -0.15) is 0 Å². The van der Waals surface area contributed by atoms with Crippen molar-refractivity contribution in [1.29, 1.82) is 0 Å². The number of hydrogen-bond acceptors (Lipinski definition) is 2. The summed E-state index contributed by atoms with van der Waals surface area (Å²) in [6.07, 6.45) is 4.14. The molecule has 1 atom stereocenters. The molecular weight excluding hydrogens is 256 g/mol. The van der Waals surface area contributed by atoms with Crippen molar-refractivity contribution in [3.05, 3.63) is 54.4 Å². The fraction of sp³-hybridized carbons (Fsp3) is 0.200. The third-order valence-corrected chi connectivity index (χ3v) is 3.01. The molecule has 1 aromatic heterocycles. The van der Waals surface area contributed by atoms with Gasteiger partial charge in [0.15, 0.2) is 0 Å². The predicted molar refractivity (Wildman–Crippen MR) is 75.8 cm³/mol. The van der Waals surface area contributed by atoms with Crippen LogP contribution < -0.4 is 5.32 Å². The van der Waals surface area contributed by atoms with Gasteiger partial charge in [-0.25, -0.2) is 4.79 Å². The van der Waals surface area contributed by atoms with Crippen molar-refractivity contribution in [2.45, 2.75) is 19.4 Å². The average Bonchev–Trinajstić information content (AvgIpc) is 2.92. The van der Waals surface area contributed by atoms with Gasteiger partial charge in [-0.1, -0.05) is 6.07 Å². The van der Waals surface area contributed by atoms with Crippen molar-refractivity contribution >= 4 is 17.6 Å². The number of benzene rings is 1. The second kappa shape index (κ2) is 6.06. The summed E-state index contributed by atoms with van der Waals surface area (Å²) in [6.45, 7) is 1.95. The summed E-state index contributed by atoms with van der Waals surface area (Å²) < 4.78 is 1.95. The summed E-state index contributed by atoms with van der Waals surface area (Å²) >= 11 is 0. The summed E-state index contributed by atoms with van der Waals surface area (Å²) in [6, 6.07) is 10.1. The van der Waals surface area contributed by atoms with Gasteiger partial charge >= 0.3 is 5.97 Å². The maximum atomic E-state index is 11.9. The predicted octanol–water partition coefficient (Wildman–Crippen LogP) is 2.78. The minimum absolute atomic E-state index is 0.0488. The van der Waals surface area contributed by atoms with Crippen LogP contribution in [0.5, 0.6) is 0 Å². The van der Waals surface area contributed by atoms with E-state index in [-0.39, 0.29) is 17.5 Å². The molecule has 2 rings (SSSR count). The van der Waals surface area contributed by atoms with Crippen molar-refractivity contribution in [2.75, 3.05) is 5.32 Å². The van der Waals surface area contributed by atoms with Gasteiger partial charge in [0.25, 0.3) is 0 Å². The van der Waals surface area contributed by atoms with Crippen molar-refractivity contribution in [2.24, 2.45) is 0 Å². The van der Waals surface area contributed by atoms with Crippen LogP contribution in [0, 0.1) is 0 Å². The van der Waals surface area contributed by atoms with Crippen molar-refractivity contribution in [1.82, 2.24) is 4.57 Å². The number of aromatic carboxylic acids is 1. The molecule has 1 amide bonds. The first-order valence-corrected chi connectivity index (χ1v) is 6.32. The number of carbonyl (C=O) groups is 2. The number of amides is 1. The van der Waals surface area contributed by atoms with Crippen LogP contribution in [0.15, 0.2) is 48.8 Å². The van der Waals surface area contributed by atoms with Crippen LogP contribution in [0.4, 0.5) is 5.69 Å². The Labute approximate surface area is 116 Å². The first kappa shape index (κ1) is 13.9. The number of nitrogens with zero attached hydrogens (tertiary/aromatic N) is 1. The summed E-state index contributed by atoms with van der Waals surface area (Å²) in [4.78, 5) is 22.8. The topological polar surface area (TPSA) is 71.3 Å². The molecule has 0 spiro atoms. The second-order valence-electron chi connectivity index (χ2n) is 4.62. The van der Waals surface area contributed by atoms with Crippen LogP contribution in [0.25, 0.3) is 0 Å². The van der Waals surface area contributed by atoms with E-state index in [0.29, 0.717) is 12.1 Å². The Morgan fingerprint density at radius 1 is 1.25 bits per heavy atom. The third kappa shape index (κ3) is 3.47. The van der Waals surface area contributed by atoms with E-state index in [2.05, 4.69) is 5.32 Å². The number of carbonyl (C=O) groups excluding carboxylic acids is 1. The highest BCUT2D eigenvalue weighted by atomic mass is 16.4. The number of anilines is 1. The smallest absolute Gasteiger partial charge is 0.335 e. The molecule has 2 N–H and O–H groups in total. The SMILES string of the molecule is CC(CC(=O)Nc1cccc(C(=O)O)c1)n1cccc1. The van der Waals surface area contributed by atoms with Crippen molar-refractivity contribution < 1.29 is 14.7 Å². The van der Waals surface area contributed by atoms with Gasteiger partial charge in [-0.3, -0.25) is 4.79 Å². The lowest BCUT2D eigenvalue weighted by Gasteiger charge is -2.13. The molecule has 1 heterocycles. The van der Waals surface area contributed by atoms with Gasteiger partial charge in [-0.15, -0.1) is 0 Å². The Morgan fingerprint density at radius 3 is 2.60 bits per heavy atom. The van der Waals surface area contributed by atoms with E-state index < -0.39 is 5.97 Å². The Hall–Kier alpha value is -2.56. The Bertz CT molecular complexity index is 605. The summed E-state index contributed by atoms with van der Waals surface area (Å²) in [5.41, 5.74) is 0.649. The highest BCUT2D eigenvalue weighted by molar-refractivity contribution is 5.94. The van der Waals surface area contributed by atoms with E-state index in [4.69, 9.17) is 5.11 Å². The molecule has 0 radical (unpaired) electrons. The zero-order valence-electron chi connectivity index (χ0n) is 11.1. The third-order valence-electron chi connectivity index (χ3n) is 3.01. The summed E-state index contributed by atoms with van der Waals surface area (Å²) in [7, 11) is 0. The van der Waals surface area contributed by atoms with Crippen LogP contribution >= 0.6 is 0 Å². The second-order valence-corrected chi connectivity index (χ2v) is 4.62. The molecule has 5 heteroatoms. The number of nitrogens with one attached hydrogen (secondary N) is 1. The number of rotatable bonds is 5. The Kier molecular flexibility index (Phi) is 4.20. The first-order chi connectivity index (χ1) is 9.56. The highest BCUT2D eigenvalue weighted by Gasteiger charge is 2.11. The summed E-state index contributed by atoms with van der Waals surface area (Å²) in [5, 5.41) is 11.6. The highest BCUT2D eigenvalue weighted by Crippen LogP contribution is 2.14. The molecule has 0 aliphatic heterocycles. The molecule has 0 aliphatic carbocycles. The zero-order chi connectivity index (χ0) is 14.5. The standard InChI is InChI=1S/C15H16N2O3/c1-11(17-7-2-3-8-17)9-14(18)16-13-6-4-5-12(10-13)15(19)20/h2-8,10-11H,9H2,1H3,(H,16,18)(H,19,20). The van der Waals surface area contributed by atoms with Gasteiger partial charge in [0.1, 0.15) is 0 Å². The number of carboxylic acid groups (broad SMARTS) is 1. The number of carboxylic acids is 1. The maximum absolute atomic E-state index is 11.9. The molecular formula is C15H16N2O3.